The predicted molar refractivity (Wildman–Crippen MR) is 306 cm³/mol. The van der Waals surface area contributed by atoms with Crippen molar-refractivity contribution in [3.63, 3.8) is 0 Å². The van der Waals surface area contributed by atoms with Gasteiger partial charge >= 0.3 is 0 Å². The lowest BCUT2D eigenvalue weighted by Gasteiger charge is -2.31. The van der Waals surface area contributed by atoms with Crippen molar-refractivity contribution >= 4 is 60.7 Å². The molecule has 0 aliphatic heterocycles. The van der Waals surface area contributed by atoms with Crippen molar-refractivity contribution in [2.45, 2.75) is 0 Å². The monoisotopic (exact) mass is 960 g/mol. The lowest BCUT2D eigenvalue weighted by molar-refractivity contribution is 1.07. The van der Waals surface area contributed by atoms with Crippen LogP contribution in [0.4, 0.5) is 17.1 Å². The van der Waals surface area contributed by atoms with Crippen molar-refractivity contribution in [2.24, 2.45) is 0 Å². The molecule has 0 atom stereocenters. The summed E-state index contributed by atoms with van der Waals surface area (Å²) in [6, 6.07) is 86.1. The van der Waals surface area contributed by atoms with Gasteiger partial charge in [-0.1, -0.05) is 133 Å². The first-order valence-electron chi connectivity index (χ1n) is 25.1. The fourth-order valence-electron chi connectivity index (χ4n) is 10.8. The van der Waals surface area contributed by atoms with Crippen molar-refractivity contribution in [1.29, 1.82) is 0 Å². The Morgan fingerprint density at radius 2 is 0.600 bits per heavy atom. The summed E-state index contributed by atoms with van der Waals surface area (Å²) in [5.41, 5.74) is 16.4. The van der Waals surface area contributed by atoms with Crippen LogP contribution in [0.3, 0.4) is 0 Å². The smallest absolute Gasteiger partial charge is 0.164 e. The topological polar surface area (TPSA) is 77.6 Å². The minimum Gasteiger partial charge on any atom is -0.309 e. The molecule has 5 aromatic heterocycles. The summed E-state index contributed by atoms with van der Waals surface area (Å²) in [6.07, 6.45) is 7.06. The van der Waals surface area contributed by atoms with Gasteiger partial charge in [0.05, 0.1) is 27.8 Å². The summed E-state index contributed by atoms with van der Waals surface area (Å²) < 4.78 is 4.74. The van der Waals surface area contributed by atoms with Crippen LogP contribution >= 0.6 is 0 Å². The van der Waals surface area contributed by atoms with Gasteiger partial charge in [-0.2, -0.15) is 0 Å². The van der Waals surface area contributed by atoms with Crippen molar-refractivity contribution in [1.82, 2.24) is 34.1 Å². The van der Waals surface area contributed by atoms with Crippen LogP contribution in [0.5, 0.6) is 0 Å². The van der Waals surface area contributed by atoms with Gasteiger partial charge in [-0.3, -0.25) is 9.97 Å². The van der Waals surface area contributed by atoms with E-state index in [-0.39, 0.29) is 0 Å². The standard InChI is InChI=1S/C67H44N8/c1-3-15-45(16-4-1)58-43-49(67-71-65(47-35-39-68-40-36-47)70-66(72-67)48-37-41-69-42-38-48)44-59(46-17-5-2-6-18-46)64(58)73(50-27-31-52(32-28-50)74-60-23-11-7-19-54(60)55-20-8-12-24-61(55)74)51-29-33-53(34-30-51)75-62-25-13-9-21-56(62)57-22-10-14-26-63(57)75/h1-44H. The van der Waals surface area contributed by atoms with E-state index < -0.39 is 0 Å². The summed E-state index contributed by atoms with van der Waals surface area (Å²) in [6.45, 7) is 0. The fraction of sp³-hybridized carbons (Fsp3) is 0. The number of benzene rings is 9. The highest BCUT2D eigenvalue weighted by Crippen LogP contribution is 2.49. The maximum atomic E-state index is 5.23. The van der Waals surface area contributed by atoms with E-state index in [0.717, 1.165) is 89.4 Å². The van der Waals surface area contributed by atoms with E-state index in [2.05, 4.69) is 242 Å². The van der Waals surface area contributed by atoms with E-state index in [0.29, 0.717) is 17.5 Å². The molecule has 0 saturated carbocycles. The zero-order valence-electron chi connectivity index (χ0n) is 40.5. The minimum absolute atomic E-state index is 0.544. The highest BCUT2D eigenvalue weighted by molar-refractivity contribution is 6.10. The van der Waals surface area contributed by atoms with E-state index in [4.69, 9.17) is 15.0 Å². The van der Waals surface area contributed by atoms with E-state index >= 15 is 0 Å². The molecule has 0 aliphatic rings. The van der Waals surface area contributed by atoms with Crippen LogP contribution in [0.25, 0.3) is 111 Å². The van der Waals surface area contributed by atoms with Gasteiger partial charge in [0, 0.05) is 96.9 Å². The highest BCUT2D eigenvalue weighted by atomic mass is 15.2. The van der Waals surface area contributed by atoms with Gasteiger partial charge in [-0.05, 0) is 120 Å². The Labute approximate surface area is 432 Å². The van der Waals surface area contributed by atoms with Gasteiger partial charge in [-0.25, -0.2) is 15.0 Å². The quantitative estimate of drug-likeness (QED) is 0.136. The van der Waals surface area contributed by atoms with Gasteiger partial charge < -0.3 is 14.0 Å². The number of aromatic nitrogens is 7. The highest BCUT2D eigenvalue weighted by Gasteiger charge is 2.26. The number of hydrogen-bond donors (Lipinski definition) is 0. The summed E-state index contributed by atoms with van der Waals surface area (Å²) in [5, 5.41) is 4.89. The van der Waals surface area contributed by atoms with Gasteiger partial charge in [-0.15, -0.1) is 0 Å². The van der Waals surface area contributed by atoms with E-state index in [9.17, 15) is 0 Å². The van der Waals surface area contributed by atoms with Gasteiger partial charge in [0.1, 0.15) is 0 Å². The number of anilines is 3. The summed E-state index contributed by atoms with van der Waals surface area (Å²) in [4.78, 5) is 26.5. The summed E-state index contributed by atoms with van der Waals surface area (Å²) in [7, 11) is 0. The maximum Gasteiger partial charge on any atom is 0.164 e. The van der Waals surface area contributed by atoms with Crippen LogP contribution in [0, 0.1) is 0 Å². The van der Waals surface area contributed by atoms with Crippen LogP contribution < -0.4 is 4.90 Å². The minimum atomic E-state index is 0.544. The Morgan fingerprint density at radius 3 is 0.960 bits per heavy atom. The molecule has 0 saturated heterocycles. The lowest BCUT2D eigenvalue weighted by Crippen LogP contribution is -2.13. The number of pyridine rings is 2. The molecule has 5 heterocycles. The van der Waals surface area contributed by atoms with E-state index in [1.54, 1.807) is 24.8 Å². The molecule has 14 aromatic rings. The van der Waals surface area contributed by atoms with Crippen molar-refractivity contribution < 1.29 is 0 Å². The Morgan fingerprint density at radius 1 is 0.280 bits per heavy atom. The number of para-hydroxylation sites is 4. The molecule has 14 rings (SSSR count). The second-order valence-electron chi connectivity index (χ2n) is 18.5. The third kappa shape index (κ3) is 7.68. The molecule has 0 radical (unpaired) electrons. The first-order valence-corrected chi connectivity index (χ1v) is 25.1. The lowest BCUT2D eigenvalue weighted by atomic mass is 9.91. The Kier molecular flexibility index (Phi) is 10.7. The molecule has 9 aromatic carbocycles. The molecule has 8 nitrogen and oxygen atoms in total. The van der Waals surface area contributed by atoms with Crippen molar-refractivity contribution in [3.05, 3.63) is 267 Å². The number of rotatable bonds is 10. The molecule has 0 amide bonds. The largest absolute Gasteiger partial charge is 0.309 e. The molecule has 8 heteroatoms. The summed E-state index contributed by atoms with van der Waals surface area (Å²) >= 11 is 0. The second-order valence-corrected chi connectivity index (χ2v) is 18.5. The Balaban J connectivity index is 1.02. The third-order valence-corrected chi connectivity index (χ3v) is 14.2. The normalized spacial score (nSPS) is 11.5. The van der Waals surface area contributed by atoms with Crippen molar-refractivity contribution in [2.75, 3.05) is 4.90 Å². The van der Waals surface area contributed by atoms with Crippen LogP contribution in [-0.4, -0.2) is 34.1 Å². The first kappa shape index (κ1) is 43.5. The van der Waals surface area contributed by atoms with E-state index in [1.807, 2.05) is 24.3 Å². The van der Waals surface area contributed by atoms with Crippen LogP contribution in [0.15, 0.2) is 267 Å². The average molecular weight is 961 g/mol. The molecule has 0 bridgehead atoms. The van der Waals surface area contributed by atoms with Gasteiger partial charge in [0.15, 0.2) is 17.5 Å². The first-order chi connectivity index (χ1) is 37.2. The zero-order valence-corrected chi connectivity index (χ0v) is 40.5. The Bertz CT molecular complexity index is 4000. The second kappa shape index (κ2) is 18.4. The molecule has 0 fully saturated rings. The van der Waals surface area contributed by atoms with Crippen LogP contribution in [-0.2, 0) is 0 Å². The molecular formula is C67H44N8. The molecule has 0 spiro atoms. The molecule has 0 aliphatic carbocycles. The molecular weight excluding hydrogens is 917 g/mol. The number of hydrogen-bond acceptors (Lipinski definition) is 6. The number of fused-ring (bicyclic) bond motifs is 6. The molecule has 0 unspecified atom stereocenters. The fourth-order valence-corrected chi connectivity index (χ4v) is 10.8. The van der Waals surface area contributed by atoms with Crippen LogP contribution in [0.2, 0.25) is 0 Å². The van der Waals surface area contributed by atoms with E-state index in [1.165, 1.54) is 21.5 Å². The summed E-state index contributed by atoms with van der Waals surface area (Å²) in [5.74, 6) is 1.64. The maximum absolute atomic E-state index is 5.23. The van der Waals surface area contributed by atoms with Crippen molar-refractivity contribution in [3.8, 4) is 67.8 Å². The molecule has 75 heavy (non-hydrogen) atoms. The molecule has 0 N–H and O–H groups in total. The van der Waals surface area contributed by atoms with Gasteiger partial charge in [0.2, 0.25) is 0 Å². The average Bonchev–Trinajstić information content (AvgIpc) is 4.02. The number of nitrogens with zero attached hydrogens (tertiary/aromatic N) is 8. The van der Waals surface area contributed by atoms with Gasteiger partial charge in [0.25, 0.3) is 0 Å². The zero-order chi connectivity index (χ0) is 49.7. The molecule has 352 valence electrons. The van der Waals surface area contributed by atoms with Crippen LogP contribution in [0.1, 0.15) is 0 Å². The predicted octanol–water partition coefficient (Wildman–Crippen LogP) is 16.7. The SMILES string of the molecule is c1ccc(-c2cc(-c3nc(-c4ccncc4)nc(-c4ccncc4)n3)cc(-c3ccccc3)c2N(c2ccc(-n3c4ccccc4c4ccccc43)cc2)c2ccc(-n3c4ccccc4c4ccccc43)cc2)cc1. The Hall–Kier alpha value is -10.3. The third-order valence-electron chi connectivity index (χ3n) is 14.2.